The molecule has 1 N–H and O–H groups in total. The molecule has 0 spiro atoms. The Bertz CT molecular complexity index is 1480. The third-order valence-corrected chi connectivity index (χ3v) is 6.64. The van der Waals surface area contributed by atoms with Gasteiger partial charge in [-0.25, -0.2) is 18.0 Å². The molecule has 1 aromatic heterocycles. The molecule has 5 rings (SSSR count). The van der Waals surface area contributed by atoms with Crippen molar-refractivity contribution in [1.82, 2.24) is 9.47 Å². The summed E-state index contributed by atoms with van der Waals surface area (Å²) in [6, 6.07) is 4.31. The van der Waals surface area contributed by atoms with Gasteiger partial charge in [0.25, 0.3) is 0 Å². The molecular formula is C25H22F3N3O4. The van der Waals surface area contributed by atoms with E-state index in [1.165, 1.54) is 28.7 Å². The predicted molar refractivity (Wildman–Crippen MR) is 124 cm³/mol. The number of pyridine rings is 1. The standard InChI is InChI=1S/C25H22F3N3O4/c1-13-22-19(8-20(23(13)28)30-10-14-5-6-29(2)9-15(14)11-30)31(12-21(24(22)32)35-25(33)34)18-4-3-16(26)7-17(18)27/h3-4,7-8,12H,5-6,9-11H2,1-2H3,(H,33,34). The van der Waals surface area contributed by atoms with E-state index in [2.05, 4.69) is 9.64 Å². The Hall–Kier alpha value is -3.79. The molecule has 0 fully saturated rings. The van der Waals surface area contributed by atoms with Crippen LogP contribution in [-0.4, -0.2) is 54.0 Å². The second kappa shape index (κ2) is 8.46. The highest BCUT2D eigenvalue weighted by atomic mass is 19.1. The van der Waals surface area contributed by atoms with Crippen LogP contribution in [-0.2, 0) is 0 Å². The van der Waals surface area contributed by atoms with Crippen LogP contribution in [0.5, 0.6) is 5.75 Å². The first-order valence-corrected chi connectivity index (χ1v) is 11.0. The summed E-state index contributed by atoms with van der Waals surface area (Å²) < 4.78 is 49.9. The van der Waals surface area contributed by atoms with Gasteiger partial charge in [0.1, 0.15) is 17.5 Å². The summed E-state index contributed by atoms with van der Waals surface area (Å²) in [6.07, 6.45) is 0.164. The first-order valence-electron chi connectivity index (χ1n) is 11.0. The Morgan fingerprint density at radius 2 is 1.80 bits per heavy atom. The molecular weight excluding hydrogens is 463 g/mol. The minimum Gasteiger partial charge on any atom is -0.449 e. The van der Waals surface area contributed by atoms with Crippen LogP contribution in [0.4, 0.5) is 23.7 Å². The van der Waals surface area contributed by atoms with Crippen LogP contribution in [0.25, 0.3) is 16.6 Å². The van der Waals surface area contributed by atoms with Gasteiger partial charge in [-0.1, -0.05) is 0 Å². The quantitative estimate of drug-likeness (QED) is 0.442. The minimum absolute atomic E-state index is 0.0170. The van der Waals surface area contributed by atoms with E-state index in [9.17, 15) is 18.4 Å². The van der Waals surface area contributed by atoms with E-state index in [4.69, 9.17) is 5.11 Å². The van der Waals surface area contributed by atoms with Crippen LogP contribution in [0, 0.1) is 24.4 Å². The van der Waals surface area contributed by atoms with Gasteiger partial charge in [0.15, 0.2) is 5.75 Å². The molecule has 0 amide bonds. The van der Waals surface area contributed by atoms with Crippen molar-refractivity contribution in [3.63, 3.8) is 0 Å². The third-order valence-electron chi connectivity index (χ3n) is 6.64. The Morgan fingerprint density at radius 1 is 1.06 bits per heavy atom. The molecule has 2 aliphatic rings. The summed E-state index contributed by atoms with van der Waals surface area (Å²) in [4.78, 5) is 28.3. The molecule has 3 aromatic rings. The number of hydrogen-bond acceptors (Lipinski definition) is 5. The van der Waals surface area contributed by atoms with Crippen LogP contribution in [0.3, 0.4) is 0 Å². The first kappa shape index (κ1) is 23.0. The van der Waals surface area contributed by atoms with E-state index in [0.29, 0.717) is 19.2 Å². The lowest BCUT2D eigenvalue weighted by atomic mass is 10.0. The maximum absolute atomic E-state index is 15.7. The molecule has 0 saturated carbocycles. The van der Waals surface area contributed by atoms with Gasteiger partial charge >= 0.3 is 6.16 Å². The number of fused-ring (bicyclic) bond motifs is 1. The molecule has 0 atom stereocenters. The lowest BCUT2D eigenvalue weighted by Crippen LogP contribution is -2.28. The second-order valence-electron chi connectivity index (χ2n) is 8.94. The van der Waals surface area contributed by atoms with Gasteiger partial charge in [0, 0.05) is 37.8 Å². The lowest BCUT2D eigenvalue weighted by Gasteiger charge is -2.23. The van der Waals surface area contributed by atoms with Crippen LogP contribution in [0.15, 0.2) is 46.4 Å². The van der Waals surface area contributed by atoms with E-state index in [1.807, 2.05) is 11.9 Å². The zero-order chi connectivity index (χ0) is 25.0. The predicted octanol–water partition coefficient (Wildman–Crippen LogP) is 4.23. The molecule has 35 heavy (non-hydrogen) atoms. The highest BCUT2D eigenvalue weighted by Gasteiger charge is 2.29. The van der Waals surface area contributed by atoms with Crippen LogP contribution in [0.2, 0.25) is 0 Å². The van der Waals surface area contributed by atoms with E-state index < -0.39 is 34.8 Å². The van der Waals surface area contributed by atoms with Crippen molar-refractivity contribution in [2.75, 3.05) is 38.1 Å². The maximum atomic E-state index is 15.7. The Kier molecular flexibility index (Phi) is 5.55. The molecule has 10 heteroatoms. The lowest BCUT2D eigenvalue weighted by molar-refractivity contribution is 0.144. The third kappa shape index (κ3) is 3.93. The summed E-state index contributed by atoms with van der Waals surface area (Å²) in [5.41, 5.74) is 1.87. The Morgan fingerprint density at radius 3 is 2.51 bits per heavy atom. The monoisotopic (exact) mass is 485 g/mol. The topological polar surface area (TPSA) is 75.0 Å². The van der Waals surface area contributed by atoms with Gasteiger partial charge in [-0.2, -0.15) is 0 Å². The van der Waals surface area contributed by atoms with Crippen LogP contribution >= 0.6 is 0 Å². The Balaban J connectivity index is 1.74. The molecule has 3 heterocycles. The van der Waals surface area contributed by atoms with Crippen molar-refractivity contribution >= 4 is 22.7 Å². The summed E-state index contributed by atoms with van der Waals surface area (Å²) in [7, 11) is 2.03. The zero-order valence-corrected chi connectivity index (χ0v) is 19.1. The van der Waals surface area contributed by atoms with Crippen molar-refractivity contribution in [3.8, 4) is 11.4 Å². The van der Waals surface area contributed by atoms with Crippen molar-refractivity contribution in [1.29, 1.82) is 0 Å². The van der Waals surface area contributed by atoms with Crippen molar-refractivity contribution in [3.05, 3.63) is 74.8 Å². The average molecular weight is 485 g/mol. The summed E-state index contributed by atoms with van der Waals surface area (Å²) in [6.45, 7) is 4.19. The largest absolute Gasteiger partial charge is 0.511 e. The second-order valence-corrected chi connectivity index (χ2v) is 8.94. The summed E-state index contributed by atoms with van der Waals surface area (Å²) in [5.74, 6) is -2.99. The molecule has 0 unspecified atom stereocenters. The highest BCUT2D eigenvalue weighted by Crippen LogP contribution is 2.36. The van der Waals surface area contributed by atoms with E-state index >= 15 is 4.39 Å². The van der Waals surface area contributed by atoms with Gasteiger partial charge in [0.2, 0.25) is 5.43 Å². The number of hydrogen-bond donors (Lipinski definition) is 1. The SMILES string of the molecule is Cc1c(F)c(N2CC3=C(CN(C)CC3)C2)cc2c1c(=O)c(OC(=O)O)cn2-c1ccc(F)cc1F. The fourth-order valence-corrected chi connectivity index (χ4v) is 4.94. The number of ether oxygens (including phenoxy) is 1. The van der Waals surface area contributed by atoms with Gasteiger partial charge in [0.05, 0.1) is 28.5 Å². The maximum Gasteiger partial charge on any atom is 0.511 e. The number of likely N-dealkylation sites (N-methyl/N-ethyl adjacent to an activating group) is 1. The highest BCUT2D eigenvalue weighted by molar-refractivity contribution is 5.89. The molecule has 0 aliphatic carbocycles. The molecule has 7 nitrogen and oxygen atoms in total. The van der Waals surface area contributed by atoms with Crippen molar-refractivity contribution < 1.29 is 27.8 Å². The van der Waals surface area contributed by atoms with Crippen LogP contribution < -0.4 is 15.1 Å². The number of nitrogens with zero attached hydrogens (tertiary/aromatic N) is 3. The number of carbonyl (C=O) groups is 1. The molecule has 2 aromatic carbocycles. The number of benzene rings is 2. The van der Waals surface area contributed by atoms with Gasteiger partial charge in [-0.3, -0.25) is 4.79 Å². The average Bonchev–Trinajstić information content (AvgIpc) is 3.20. The summed E-state index contributed by atoms with van der Waals surface area (Å²) >= 11 is 0. The first-order chi connectivity index (χ1) is 16.6. The fourth-order valence-electron chi connectivity index (χ4n) is 4.94. The molecule has 0 saturated heterocycles. The molecule has 0 bridgehead atoms. The Labute approximate surface area is 198 Å². The van der Waals surface area contributed by atoms with Gasteiger partial charge < -0.3 is 24.2 Å². The minimum atomic E-state index is -1.75. The van der Waals surface area contributed by atoms with E-state index in [1.54, 1.807) is 0 Å². The molecule has 182 valence electrons. The normalized spacial score (nSPS) is 16.2. The molecule has 0 radical (unpaired) electrons. The molecule has 2 aliphatic heterocycles. The number of carboxylic acid groups (broad SMARTS) is 1. The fraction of sp³-hybridized carbons (Fsp3) is 0.280. The number of anilines is 1. The smallest absolute Gasteiger partial charge is 0.449 e. The van der Waals surface area contributed by atoms with Gasteiger partial charge in [-0.05, 0) is 49.7 Å². The number of rotatable bonds is 3. The van der Waals surface area contributed by atoms with Gasteiger partial charge in [-0.15, -0.1) is 0 Å². The number of aromatic nitrogens is 1. The zero-order valence-electron chi connectivity index (χ0n) is 19.1. The van der Waals surface area contributed by atoms with Crippen LogP contribution in [0.1, 0.15) is 12.0 Å². The van der Waals surface area contributed by atoms with E-state index in [0.717, 1.165) is 37.8 Å². The summed E-state index contributed by atoms with van der Waals surface area (Å²) in [5, 5.41) is 8.92. The number of halogens is 3. The van der Waals surface area contributed by atoms with Crippen molar-refractivity contribution in [2.24, 2.45) is 0 Å². The van der Waals surface area contributed by atoms with E-state index in [-0.39, 0.29) is 27.8 Å². The number of aryl methyl sites for hydroxylation is 1. The van der Waals surface area contributed by atoms with Crippen molar-refractivity contribution in [2.45, 2.75) is 13.3 Å².